The first-order valence-electron chi connectivity index (χ1n) is 8.49. The summed E-state index contributed by atoms with van der Waals surface area (Å²) in [6, 6.07) is 0. The topological polar surface area (TPSA) is 66.9 Å². The van der Waals surface area contributed by atoms with Crippen LogP contribution in [-0.2, 0) is 19.4 Å². The van der Waals surface area contributed by atoms with Gasteiger partial charge in [0.15, 0.2) is 9.84 Å². The van der Waals surface area contributed by atoms with Gasteiger partial charge in [-0.15, -0.1) is 0 Å². The molecule has 2 atom stereocenters. The molecule has 3 aliphatic rings. The molecule has 7 heteroatoms. The Kier molecular flexibility index (Phi) is 4.73. The Balaban J connectivity index is 1.59. The first kappa shape index (κ1) is 17.2. The minimum atomic E-state index is -3.26. The third-order valence-corrected chi connectivity index (χ3v) is 6.25. The third-order valence-electron chi connectivity index (χ3n) is 5.48. The number of nitrogens with zero attached hydrogens (tertiary/aromatic N) is 2. The highest BCUT2D eigenvalue weighted by molar-refractivity contribution is 7.91. The van der Waals surface area contributed by atoms with Crippen molar-refractivity contribution in [2.45, 2.75) is 19.3 Å². The maximum absolute atomic E-state index is 12.2. The molecule has 1 saturated carbocycles. The first-order chi connectivity index (χ1) is 10.8. The summed E-state index contributed by atoms with van der Waals surface area (Å²) >= 11 is 0. The number of carbonyl (C=O) groups is 1. The van der Waals surface area contributed by atoms with Gasteiger partial charge >= 0.3 is 0 Å². The van der Waals surface area contributed by atoms with Crippen molar-refractivity contribution in [2.24, 2.45) is 17.3 Å². The molecule has 2 saturated heterocycles. The Bertz CT molecular complexity index is 560. The molecule has 0 bridgehead atoms. The van der Waals surface area contributed by atoms with E-state index < -0.39 is 9.84 Å². The second kappa shape index (κ2) is 6.33. The summed E-state index contributed by atoms with van der Waals surface area (Å²) < 4.78 is 28.7. The average Bonchev–Trinajstić information content (AvgIpc) is 3.06. The summed E-state index contributed by atoms with van der Waals surface area (Å²) in [5.41, 5.74) is 0.0749. The quantitative estimate of drug-likeness (QED) is 0.690. The molecule has 1 aliphatic carbocycles. The second-order valence-corrected chi connectivity index (χ2v) is 10.0. The van der Waals surface area contributed by atoms with Gasteiger partial charge in [0.1, 0.15) is 5.75 Å². The molecule has 0 N–H and O–H groups in total. The summed E-state index contributed by atoms with van der Waals surface area (Å²) in [7, 11) is -1.15. The van der Waals surface area contributed by atoms with E-state index in [0.717, 1.165) is 44.9 Å². The van der Waals surface area contributed by atoms with Crippen molar-refractivity contribution < 1.29 is 17.9 Å². The van der Waals surface area contributed by atoms with Crippen molar-refractivity contribution >= 4 is 15.7 Å². The van der Waals surface area contributed by atoms with Crippen LogP contribution in [0.4, 0.5) is 0 Å². The lowest BCUT2D eigenvalue weighted by molar-refractivity contribution is -0.128. The summed E-state index contributed by atoms with van der Waals surface area (Å²) in [5.74, 6) is 0.572. The number of carbonyl (C=O) groups excluding carboxylic acids is 1. The lowest BCUT2D eigenvalue weighted by Crippen LogP contribution is -2.39. The van der Waals surface area contributed by atoms with Crippen molar-refractivity contribution in [3.63, 3.8) is 0 Å². The summed E-state index contributed by atoms with van der Waals surface area (Å²) in [5, 5.41) is 0. The van der Waals surface area contributed by atoms with Gasteiger partial charge in [-0.25, -0.2) is 8.42 Å². The van der Waals surface area contributed by atoms with Crippen LogP contribution in [0.1, 0.15) is 19.3 Å². The maximum Gasteiger partial charge on any atom is 0.237 e. The van der Waals surface area contributed by atoms with Crippen LogP contribution in [-0.4, -0.2) is 82.6 Å². The lowest BCUT2D eigenvalue weighted by atomic mass is 9.77. The monoisotopic (exact) mass is 344 g/mol. The zero-order chi connectivity index (χ0) is 16.7. The fourth-order valence-electron chi connectivity index (χ4n) is 4.08. The highest BCUT2D eigenvalue weighted by Gasteiger charge is 2.50. The van der Waals surface area contributed by atoms with Crippen molar-refractivity contribution in [1.29, 1.82) is 0 Å². The number of rotatable bonds is 6. The van der Waals surface area contributed by atoms with Crippen LogP contribution in [0, 0.1) is 17.3 Å². The van der Waals surface area contributed by atoms with E-state index in [1.807, 2.05) is 0 Å². The zero-order valence-corrected chi connectivity index (χ0v) is 15.0. The van der Waals surface area contributed by atoms with E-state index in [9.17, 15) is 13.2 Å². The van der Waals surface area contributed by atoms with Gasteiger partial charge in [-0.2, -0.15) is 0 Å². The van der Waals surface area contributed by atoms with Gasteiger partial charge < -0.3 is 14.5 Å². The average molecular weight is 344 g/mol. The van der Waals surface area contributed by atoms with E-state index >= 15 is 0 Å². The summed E-state index contributed by atoms with van der Waals surface area (Å²) in [6.45, 7) is 4.93. The predicted octanol–water partition coefficient (Wildman–Crippen LogP) is 0.238. The molecule has 23 heavy (non-hydrogen) atoms. The van der Waals surface area contributed by atoms with Gasteiger partial charge in [0.05, 0.1) is 6.61 Å². The number of likely N-dealkylation sites (tertiary alicyclic amines) is 2. The molecular formula is C16H28N2O4S. The van der Waals surface area contributed by atoms with Crippen molar-refractivity contribution in [2.75, 3.05) is 58.4 Å². The molecule has 3 fully saturated rings. The molecular weight excluding hydrogens is 316 g/mol. The van der Waals surface area contributed by atoms with Gasteiger partial charge in [0.25, 0.3) is 0 Å². The van der Waals surface area contributed by atoms with Crippen LogP contribution >= 0.6 is 0 Å². The number of hydrogen-bond donors (Lipinski definition) is 0. The fourth-order valence-corrected chi connectivity index (χ4v) is 4.71. The molecule has 6 nitrogen and oxygen atoms in total. The fraction of sp³-hybridized carbons (Fsp3) is 0.938. The number of amides is 1. The Morgan fingerprint density at radius 3 is 2.65 bits per heavy atom. The van der Waals surface area contributed by atoms with Crippen molar-refractivity contribution in [3.8, 4) is 0 Å². The first-order valence-corrected chi connectivity index (χ1v) is 10.6. The molecule has 132 valence electrons. The SMILES string of the molecule is CN1C[C@@H](COCC2CC2)[C@@]2(CCN(C(=O)CS(C)(=O)=O)C2)C1. The molecule has 0 aromatic heterocycles. The lowest BCUT2D eigenvalue weighted by Gasteiger charge is -2.30. The minimum Gasteiger partial charge on any atom is -0.381 e. The molecule has 0 unspecified atom stereocenters. The Morgan fingerprint density at radius 1 is 1.26 bits per heavy atom. The van der Waals surface area contributed by atoms with E-state index in [0.29, 0.717) is 19.0 Å². The van der Waals surface area contributed by atoms with Crippen LogP contribution in [0.2, 0.25) is 0 Å². The van der Waals surface area contributed by atoms with E-state index in [1.54, 1.807) is 4.90 Å². The molecule has 2 aliphatic heterocycles. The highest BCUT2D eigenvalue weighted by atomic mass is 32.2. The van der Waals surface area contributed by atoms with E-state index in [1.165, 1.54) is 12.8 Å². The highest BCUT2D eigenvalue weighted by Crippen LogP contribution is 2.43. The van der Waals surface area contributed by atoms with Crippen LogP contribution < -0.4 is 0 Å². The van der Waals surface area contributed by atoms with Gasteiger partial charge in [-0.3, -0.25) is 4.79 Å². The van der Waals surface area contributed by atoms with Crippen LogP contribution in [0.25, 0.3) is 0 Å². The van der Waals surface area contributed by atoms with Gasteiger partial charge in [-0.05, 0) is 32.2 Å². The standard InChI is InChI=1S/C16H28N2O4S/c1-17-7-14(9-22-8-13-3-4-13)16(11-17)5-6-18(12-16)15(19)10-23(2,20)21/h13-14H,3-12H2,1-2H3/t14-,16-/m0/s1. The van der Waals surface area contributed by atoms with Crippen LogP contribution in [0.15, 0.2) is 0 Å². The third kappa shape index (κ3) is 4.25. The van der Waals surface area contributed by atoms with Gasteiger partial charge in [0, 0.05) is 50.4 Å². The molecule has 0 radical (unpaired) electrons. The molecule has 2 heterocycles. The van der Waals surface area contributed by atoms with Crippen molar-refractivity contribution in [3.05, 3.63) is 0 Å². The summed E-state index contributed by atoms with van der Waals surface area (Å²) in [4.78, 5) is 16.3. The second-order valence-electron chi connectivity index (χ2n) is 7.87. The van der Waals surface area contributed by atoms with Gasteiger partial charge in [-0.1, -0.05) is 0 Å². The number of sulfone groups is 1. The Labute approximate surface area is 139 Å². The molecule has 1 spiro atoms. The number of hydrogen-bond acceptors (Lipinski definition) is 5. The smallest absolute Gasteiger partial charge is 0.237 e. The largest absolute Gasteiger partial charge is 0.381 e. The Morgan fingerprint density at radius 2 is 2.00 bits per heavy atom. The minimum absolute atomic E-state index is 0.0749. The van der Waals surface area contributed by atoms with E-state index in [4.69, 9.17) is 4.74 Å². The van der Waals surface area contributed by atoms with E-state index in [2.05, 4.69) is 11.9 Å². The summed E-state index contributed by atoms with van der Waals surface area (Å²) in [6.07, 6.45) is 4.66. The normalized spacial score (nSPS) is 32.1. The zero-order valence-electron chi connectivity index (χ0n) is 14.2. The molecule has 3 rings (SSSR count). The van der Waals surface area contributed by atoms with E-state index in [-0.39, 0.29) is 17.1 Å². The molecule has 1 amide bonds. The Hall–Kier alpha value is -0.660. The maximum atomic E-state index is 12.2. The van der Waals surface area contributed by atoms with Crippen molar-refractivity contribution in [1.82, 2.24) is 9.80 Å². The predicted molar refractivity (Wildman–Crippen MR) is 87.9 cm³/mol. The molecule has 0 aromatic carbocycles. The molecule has 0 aromatic rings. The van der Waals surface area contributed by atoms with Crippen LogP contribution in [0.5, 0.6) is 0 Å². The number of ether oxygens (including phenoxy) is 1. The van der Waals surface area contributed by atoms with Gasteiger partial charge in [0.2, 0.25) is 5.91 Å². The van der Waals surface area contributed by atoms with Crippen LogP contribution in [0.3, 0.4) is 0 Å².